The Hall–Kier alpha value is -1.76. The molecule has 138 valence electrons. The summed E-state index contributed by atoms with van der Waals surface area (Å²) in [6, 6.07) is 12.6. The van der Waals surface area contributed by atoms with Crippen LogP contribution in [0, 0.1) is 5.92 Å². The summed E-state index contributed by atoms with van der Waals surface area (Å²) < 4.78 is 37.9. The molecule has 26 heavy (non-hydrogen) atoms. The van der Waals surface area contributed by atoms with Gasteiger partial charge in [0.25, 0.3) is 0 Å². The third-order valence-electron chi connectivity index (χ3n) is 4.99. The number of piperidine rings is 1. The van der Waals surface area contributed by atoms with Gasteiger partial charge in [0.15, 0.2) is 11.5 Å². The number of fused-ring (bicyclic) bond motifs is 1. The Kier molecular flexibility index (Phi) is 4.82. The molecule has 2 aromatic carbocycles. The van der Waals surface area contributed by atoms with Gasteiger partial charge in [-0.15, -0.1) is 0 Å². The number of benzene rings is 2. The predicted octanol–water partition coefficient (Wildman–Crippen LogP) is 3.71. The minimum absolute atomic E-state index is 0.191. The fourth-order valence-corrected chi connectivity index (χ4v) is 5.51. The molecule has 0 amide bonds. The van der Waals surface area contributed by atoms with E-state index in [9.17, 15) is 8.42 Å². The van der Waals surface area contributed by atoms with Gasteiger partial charge in [0, 0.05) is 13.1 Å². The standard InChI is InChI=1S/C19H20ClNO4S/c20-16-3-1-2-4-19(16)26(22,23)21-9-7-14(8-10-21)11-15-5-6-17-18(12-15)25-13-24-17/h1-6,12,14H,7-11,13H2. The highest BCUT2D eigenvalue weighted by molar-refractivity contribution is 7.89. The summed E-state index contributed by atoms with van der Waals surface area (Å²) in [5, 5.41) is 0.273. The van der Waals surface area contributed by atoms with Crippen molar-refractivity contribution in [3.63, 3.8) is 0 Å². The second-order valence-corrected chi connectivity index (χ2v) is 8.98. The van der Waals surface area contributed by atoms with E-state index in [1.54, 1.807) is 28.6 Å². The largest absolute Gasteiger partial charge is 0.454 e. The van der Waals surface area contributed by atoms with E-state index in [0.29, 0.717) is 19.0 Å². The maximum atomic E-state index is 12.8. The van der Waals surface area contributed by atoms with Crippen LogP contribution in [-0.4, -0.2) is 32.6 Å². The van der Waals surface area contributed by atoms with E-state index in [0.717, 1.165) is 30.8 Å². The van der Waals surface area contributed by atoms with Gasteiger partial charge in [-0.1, -0.05) is 29.8 Å². The van der Waals surface area contributed by atoms with Gasteiger partial charge < -0.3 is 9.47 Å². The maximum absolute atomic E-state index is 12.8. The van der Waals surface area contributed by atoms with E-state index in [4.69, 9.17) is 21.1 Å². The van der Waals surface area contributed by atoms with E-state index in [1.165, 1.54) is 5.56 Å². The van der Waals surface area contributed by atoms with Gasteiger partial charge in [0.1, 0.15) is 4.90 Å². The highest BCUT2D eigenvalue weighted by atomic mass is 35.5. The third kappa shape index (κ3) is 3.41. The van der Waals surface area contributed by atoms with Crippen LogP contribution in [0.2, 0.25) is 5.02 Å². The molecule has 0 aromatic heterocycles. The second-order valence-electron chi connectivity index (χ2n) is 6.67. The van der Waals surface area contributed by atoms with Crippen molar-refractivity contribution in [3.8, 4) is 11.5 Å². The van der Waals surface area contributed by atoms with Crippen LogP contribution < -0.4 is 9.47 Å². The van der Waals surface area contributed by atoms with Crippen LogP contribution in [-0.2, 0) is 16.4 Å². The van der Waals surface area contributed by atoms with Crippen LogP contribution in [0.4, 0.5) is 0 Å². The normalized spacial score (nSPS) is 18.2. The summed E-state index contributed by atoms with van der Waals surface area (Å²) in [5.41, 5.74) is 1.20. The van der Waals surface area contributed by atoms with Crippen molar-refractivity contribution in [1.29, 1.82) is 0 Å². The lowest BCUT2D eigenvalue weighted by Crippen LogP contribution is -2.39. The average molecular weight is 394 g/mol. The fourth-order valence-electron chi connectivity index (χ4n) is 3.55. The van der Waals surface area contributed by atoms with Gasteiger partial charge in [-0.3, -0.25) is 0 Å². The molecular weight excluding hydrogens is 374 g/mol. The zero-order valence-electron chi connectivity index (χ0n) is 14.2. The van der Waals surface area contributed by atoms with E-state index in [1.807, 2.05) is 12.1 Å². The van der Waals surface area contributed by atoms with Gasteiger partial charge in [-0.25, -0.2) is 8.42 Å². The summed E-state index contributed by atoms with van der Waals surface area (Å²) >= 11 is 6.08. The summed E-state index contributed by atoms with van der Waals surface area (Å²) in [7, 11) is -3.53. The lowest BCUT2D eigenvalue weighted by molar-refractivity contribution is 0.174. The lowest BCUT2D eigenvalue weighted by atomic mass is 9.91. The van der Waals surface area contributed by atoms with Gasteiger partial charge in [0.05, 0.1) is 5.02 Å². The van der Waals surface area contributed by atoms with Crippen LogP contribution >= 0.6 is 11.6 Å². The first-order valence-electron chi connectivity index (χ1n) is 8.67. The Morgan fingerprint density at radius 2 is 1.77 bits per heavy atom. The van der Waals surface area contributed by atoms with Crippen LogP contribution in [0.15, 0.2) is 47.4 Å². The topological polar surface area (TPSA) is 55.8 Å². The molecule has 2 heterocycles. The first kappa shape index (κ1) is 17.6. The van der Waals surface area contributed by atoms with Crippen molar-refractivity contribution < 1.29 is 17.9 Å². The lowest BCUT2D eigenvalue weighted by Gasteiger charge is -2.31. The van der Waals surface area contributed by atoms with Crippen molar-refractivity contribution >= 4 is 21.6 Å². The van der Waals surface area contributed by atoms with E-state index in [2.05, 4.69) is 6.07 Å². The zero-order chi connectivity index (χ0) is 18.1. The molecule has 1 fully saturated rings. The van der Waals surface area contributed by atoms with E-state index in [-0.39, 0.29) is 16.7 Å². The predicted molar refractivity (Wildman–Crippen MR) is 99.2 cm³/mol. The Morgan fingerprint density at radius 1 is 1.04 bits per heavy atom. The summed E-state index contributed by atoms with van der Waals surface area (Å²) in [4.78, 5) is 0.191. The number of sulfonamides is 1. The number of rotatable bonds is 4. The number of nitrogens with zero attached hydrogens (tertiary/aromatic N) is 1. The molecule has 7 heteroatoms. The second kappa shape index (κ2) is 7.10. The molecule has 2 aliphatic heterocycles. The Bertz CT molecular complexity index is 908. The van der Waals surface area contributed by atoms with Gasteiger partial charge in [-0.05, 0) is 55.0 Å². The Balaban J connectivity index is 1.40. The summed E-state index contributed by atoms with van der Waals surface area (Å²) in [5.74, 6) is 2.03. The summed E-state index contributed by atoms with van der Waals surface area (Å²) in [6.07, 6.45) is 2.58. The quantitative estimate of drug-likeness (QED) is 0.794. The Morgan fingerprint density at radius 3 is 2.54 bits per heavy atom. The van der Waals surface area contributed by atoms with Crippen LogP contribution in [0.1, 0.15) is 18.4 Å². The van der Waals surface area contributed by atoms with Crippen molar-refractivity contribution in [1.82, 2.24) is 4.31 Å². The smallest absolute Gasteiger partial charge is 0.244 e. The molecule has 0 saturated carbocycles. The molecule has 4 rings (SSSR count). The molecule has 2 aliphatic rings. The van der Waals surface area contributed by atoms with Gasteiger partial charge in [-0.2, -0.15) is 4.31 Å². The average Bonchev–Trinajstić information content (AvgIpc) is 3.10. The first-order chi connectivity index (χ1) is 12.5. The van der Waals surface area contributed by atoms with E-state index >= 15 is 0 Å². The van der Waals surface area contributed by atoms with Gasteiger partial charge >= 0.3 is 0 Å². The van der Waals surface area contributed by atoms with Crippen LogP contribution in [0.25, 0.3) is 0 Å². The van der Waals surface area contributed by atoms with Crippen molar-refractivity contribution in [2.24, 2.45) is 5.92 Å². The number of hydrogen-bond acceptors (Lipinski definition) is 4. The van der Waals surface area contributed by atoms with Crippen LogP contribution in [0.3, 0.4) is 0 Å². The zero-order valence-corrected chi connectivity index (χ0v) is 15.8. The minimum Gasteiger partial charge on any atom is -0.454 e. The van der Waals surface area contributed by atoms with Crippen molar-refractivity contribution in [2.75, 3.05) is 19.9 Å². The molecule has 0 atom stereocenters. The molecule has 1 saturated heterocycles. The monoisotopic (exact) mass is 393 g/mol. The molecule has 0 aliphatic carbocycles. The SMILES string of the molecule is O=S(=O)(c1ccccc1Cl)N1CCC(Cc2ccc3c(c2)OCO3)CC1. The highest BCUT2D eigenvalue weighted by Gasteiger charge is 2.30. The van der Waals surface area contributed by atoms with E-state index < -0.39 is 10.0 Å². The molecule has 0 spiro atoms. The molecule has 0 unspecified atom stereocenters. The van der Waals surface area contributed by atoms with Crippen molar-refractivity contribution in [2.45, 2.75) is 24.2 Å². The highest BCUT2D eigenvalue weighted by Crippen LogP contribution is 2.34. The maximum Gasteiger partial charge on any atom is 0.244 e. The van der Waals surface area contributed by atoms with Gasteiger partial charge in [0.2, 0.25) is 16.8 Å². The minimum atomic E-state index is -3.53. The molecule has 5 nitrogen and oxygen atoms in total. The Labute approximate surface area is 158 Å². The molecular formula is C19H20ClNO4S. The van der Waals surface area contributed by atoms with Crippen LogP contribution in [0.5, 0.6) is 11.5 Å². The molecule has 0 radical (unpaired) electrons. The number of halogens is 1. The molecule has 0 bridgehead atoms. The summed E-state index contributed by atoms with van der Waals surface area (Å²) in [6.45, 7) is 1.31. The molecule has 0 N–H and O–H groups in total. The number of hydrogen-bond donors (Lipinski definition) is 0. The van der Waals surface area contributed by atoms with Crippen molar-refractivity contribution in [3.05, 3.63) is 53.1 Å². The molecule has 2 aromatic rings. The number of ether oxygens (including phenoxy) is 2. The first-order valence-corrected chi connectivity index (χ1v) is 10.5. The third-order valence-corrected chi connectivity index (χ3v) is 7.39. The fraction of sp³-hybridized carbons (Fsp3) is 0.368.